The molecule has 0 saturated heterocycles. The van der Waals surface area contributed by atoms with Gasteiger partial charge >= 0.3 is 5.69 Å². The van der Waals surface area contributed by atoms with Crippen LogP contribution in [0.2, 0.25) is 0 Å². The van der Waals surface area contributed by atoms with E-state index in [0.717, 1.165) is 11.2 Å². The number of hydrogen-bond acceptors (Lipinski definition) is 2. The van der Waals surface area contributed by atoms with Crippen LogP contribution < -0.4 is 5.69 Å². The number of pyridine rings is 1. The predicted octanol–water partition coefficient (Wildman–Crippen LogP) is 1.97. The standard InChI is InChI=1S/C9H11N3OS/c1-5(2)12-8-6(10-9(12)13)3-4-7(14)11-8/h3-5H,1-2H3,(H,10,13)(H,11,14). The molecule has 2 aromatic heterocycles. The smallest absolute Gasteiger partial charge is 0.327 e. The molecular weight excluding hydrogens is 198 g/mol. The first-order valence-electron chi connectivity index (χ1n) is 4.43. The largest absolute Gasteiger partial charge is 0.331 e. The third-order valence-corrected chi connectivity index (χ3v) is 2.35. The number of rotatable bonds is 1. The topological polar surface area (TPSA) is 53.6 Å². The van der Waals surface area contributed by atoms with Crippen LogP contribution in [0.3, 0.4) is 0 Å². The van der Waals surface area contributed by atoms with Gasteiger partial charge in [0.1, 0.15) is 10.3 Å². The Morgan fingerprint density at radius 3 is 2.71 bits per heavy atom. The summed E-state index contributed by atoms with van der Waals surface area (Å²) >= 11 is 5.01. The Morgan fingerprint density at radius 2 is 2.07 bits per heavy atom. The quantitative estimate of drug-likeness (QED) is 0.705. The zero-order valence-corrected chi connectivity index (χ0v) is 8.81. The molecule has 0 fully saturated rings. The fourth-order valence-electron chi connectivity index (χ4n) is 1.52. The fourth-order valence-corrected chi connectivity index (χ4v) is 1.69. The fraction of sp³-hybridized carbons (Fsp3) is 0.333. The van der Waals surface area contributed by atoms with Crippen molar-refractivity contribution in [1.82, 2.24) is 14.5 Å². The van der Waals surface area contributed by atoms with Crippen LogP contribution >= 0.6 is 12.2 Å². The van der Waals surface area contributed by atoms with E-state index >= 15 is 0 Å². The highest BCUT2D eigenvalue weighted by Gasteiger charge is 2.08. The molecule has 14 heavy (non-hydrogen) atoms. The first-order chi connectivity index (χ1) is 6.59. The van der Waals surface area contributed by atoms with E-state index in [9.17, 15) is 4.79 Å². The van der Waals surface area contributed by atoms with Gasteiger partial charge in [0.2, 0.25) is 0 Å². The molecule has 5 heteroatoms. The van der Waals surface area contributed by atoms with Crippen molar-refractivity contribution < 1.29 is 0 Å². The Labute approximate surface area is 85.6 Å². The van der Waals surface area contributed by atoms with Crippen molar-refractivity contribution in [3.8, 4) is 0 Å². The maximum Gasteiger partial charge on any atom is 0.327 e. The molecule has 0 aromatic carbocycles. The monoisotopic (exact) mass is 209 g/mol. The molecule has 0 radical (unpaired) electrons. The van der Waals surface area contributed by atoms with Gasteiger partial charge in [0, 0.05) is 6.04 Å². The van der Waals surface area contributed by atoms with Crippen molar-refractivity contribution in [1.29, 1.82) is 0 Å². The summed E-state index contributed by atoms with van der Waals surface area (Å²) < 4.78 is 2.29. The van der Waals surface area contributed by atoms with Crippen LogP contribution in [0.5, 0.6) is 0 Å². The predicted molar refractivity (Wildman–Crippen MR) is 58.1 cm³/mol. The maximum atomic E-state index is 11.5. The average molecular weight is 209 g/mol. The summed E-state index contributed by atoms with van der Waals surface area (Å²) in [5.74, 6) is 0. The molecule has 0 aliphatic heterocycles. The van der Waals surface area contributed by atoms with E-state index in [-0.39, 0.29) is 11.7 Å². The number of H-pyrrole nitrogens is 2. The van der Waals surface area contributed by atoms with Crippen molar-refractivity contribution in [3.63, 3.8) is 0 Å². The van der Waals surface area contributed by atoms with Crippen LogP contribution in [0.15, 0.2) is 16.9 Å². The second kappa shape index (κ2) is 3.09. The van der Waals surface area contributed by atoms with Crippen LogP contribution in [-0.2, 0) is 0 Å². The molecule has 4 nitrogen and oxygen atoms in total. The Bertz CT molecular complexity index is 575. The van der Waals surface area contributed by atoms with E-state index in [2.05, 4.69) is 9.97 Å². The molecule has 0 saturated carbocycles. The molecule has 0 spiro atoms. The second-order valence-corrected chi connectivity index (χ2v) is 3.92. The number of aromatic nitrogens is 3. The summed E-state index contributed by atoms with van der Waals surface area (Å²) in [5, 5.41) is 0. The number of imidazole rings is 1. The highest BCUT2D eigenvalue weighted by Crippen LogP contribution is 2.11. The Balaban J connectivity index is 2.93. The van der Waals surface area contributed by atoms with Crippen LogP contribution in [0, 0.1) is 4.64 Å². The number of nitrogens with one attached hydrogen (secondary N) is 2. The van der Waals surface area contributed by atoms with E-state index in [1.54, 1.807) is 10.6 Å². The first kappa shape index (κ1) is 9.21. The summed E-state index contributed by atoms with van der Waals surface area (Å²) in [6.45, 7) is 3.91. The Kier molecular flexibility index (Phi) is 2.03. The van der Waals surface area contributed by atoms with E-state index in [0.29, 0.717) is 4.64 Å². The molecule has 2 rings (SSSR count). The Morgan fingerprint density at radius 1 is 1.36 bits per heavy atom. The molecule has 0 unspecified atom stereocenters. The van der Waals surface area contributed by atoms with Gasteiger partial charge in [-0.2, -0.15) is 0 Å². The Hall–Kier alpha value is -1.36. The molecule has 0 bridgehead atoms. The lowest BCUT2D eigenvalue weighted by Crippen LogP contribution is -2.18. The summed E-state index contributed by atoms with van der Waals surface area (Å²) in [7, 11) is 0. The van der Waals surface area contributed by atoms with Gasteiger partial charge in [0.05, 0.1) is 5.52 Å². The van der Waals surface area contributed by atoms with Crippen molar-refractivity contribution in [2.75, 3.05) is 0 Å². The minimum atomic E-state index is -0.105. The van der Waals surface area contributed by atoms with Crippen LogP contribution in [0.4, 0.5) is 0 Å². The number of fused-ring (bicyclic) bond motifs is 1. The van der Waals surface area contributed by atoms with Gasteiger partial charge in [0.15, 0.2) is 0 Å². The number of aromatic amines is 2. The van der Waals surface area contributed by atoms with Crippen molar-refractivity contribution in [2.45, 2.75) is 19.9 Å². The number of hydrogen-bond donors (Lipinski definition) is 2. The van der Waals surface area contributed by atoms with Gasteiger partial charge in [-0.05, 0) is 26.0 Å². The SMILES string of the molecule is CC(C)n1c(=O)[nH]c2ccc(=S)[nH]c21. The van der Waals surface area contributed by atoms with Crippen molar-refractivity contribution in [2.24, 2.45) is 0 Å². The lowest BCUT2D eigenvalue weighted by molar-refractivity contribution is 0.593. The third kappa shape index (κ3) is 1.29. The van der Waals surface area contributed by atoms with Crippen LogP contribution in [-0.4, -0.2) is 14.5 Å². The molecule has 2 heterocycles. The summed E-state index contributed by atoms with van der Waals surface area (Å²) in [6.07, 6.45) is 0. The van der Waals surface area contributed by atoms with E-state index in [1.165, 1.54) is 0 Å². The molecule has 0 aliphatic carbocycles. The minimum Gasteiger partial charge on any atom is -0.331 e. The first-order valence-corrected chi connectivity index (χ1v) is 4.84. The molecular formula is C9H11N3OS. The zero-order chi connectivity index (χ0) is 10.3. The minimum absolute atomic E-state index is 0.105. The summed E-state index contributed by atoms with van der Waals surface area (Å²) in [4.78, 5) is 17.3. The van der Waals surface area contributed by atoms with Gasteiger partial charge in [-0.1, -0.05) is 12.2 Å². The van der Waals surface area contributed by atoms with Gasteiger partial charge in [-0.3, -0.25) is 4.57 Å². The zero-order valence-electron chi connectivity index (χ0n) is 8.00. The van der Waals surface area contributed by atoms with Crippen LogP contribution in [0.25, 0.3) is 11.2 Å². The lowest BCUT2D eigenvalue weighted by Gasteiger charge is -2.05. The highest BCUT2D eigenvalue weighted by molar-refractivity contribution is 7.71. The lowest BCUT2D eigenvalue weighted by atomic mass is 10.4. The number of nitrogens with zero attached hydrogens (tertiary/aromatic N) is 1. The van der Waals surface area contributed by atoms with Crippen molar-refractivity contribution >= 4 is 23.4 Å². The highest BCUT2D eigenvalue weighted by atomic mass is 32.1. The molecule has 2 N–H and O–H groups in total. The maximum absolute atomic E-state index is 11.5. The van der Waals surface area contributed by atoms with Crippen LogP contribution in [0.1, 0.15) is 19.9 Å². The summed E-state index contributed by atoms with van der Waals surface area (Å²) in [5.41, 5.74) is 1.45. The van der Waals surface area contributed by atoms with Gasteiger partial charge in [0.25, 0.3) is 0 Å². The van der Waals surface area contributed by atoms with Crippen molar-refractivity contribution in [3.05, 3.63) is 27.3 Å². The molecule has 0 amide bonds. The normalized spacial score (nSPS) is 11.4. The van der Waals surface area contributed by atoms with E-state index in [4.69, 9.17) is 12.2 Å². The molecule has 2 aromatic rings. The van der Waals surface area contributed by atoms with E-state index in [1.807, 2.05) is 19.9 Å². The van der Waals surface area contributed by atoms with Gasteiger partial charge < -0.3 is 9.97 Å². The van der Waals surface area contributed by atoms with Gasteiger partial charge in [-0.15, -0.1) is 0 Å². The molecule has 74 valence electrons. The van der Waals surface area contributed by atoms with E-state index < -0.39 is 0 Å². The van der Waals surface area contributed by atoms with Gasteiger partial charge in [-0.25, -0.2) is 4.79 Å². The molecule has 0 aliphatic rings. The molecule has 0 atom stereocenters. The summed E-state index contributed by atoms with van der Waals surface area (Å²) in [6, 6.07) is 3.69. The second-order valence-electron chi connectivity index (χ2n) is 3.48. The third-order valence-electron chi connectivity index (χ3n) is 2.12. The average Bonchev–Trinajstić information content (AvgIpc) is 2.40.